The average molecular weight is 270 g/mol. The Morgan fingerprint density at radius 3 is 2.75 bits per heavy atom. The number of aliphatic hydroxyl groups excluding tert-OH is 1. The van der Waals surface area contributed by atoms with Crippen LogP contribution in [0, 0.1) is 11.8 Å². The maximum absolute atomic E-state index is 10.5. The second kappa shape index (κ2) is 5.80. The van der Waals surface area contributed by atoms with Crippen LogP contribution in [0.5, 0.6) is 0 Å². The molecule has 20 heavy (non-hydrogen) atoms. The van der Waals surface area contributed by atoms with E-state index in [2.05, 4.69) is 12.0 Å². The molecule has 3 heteroatoms. The minimum absolute atomic E-state index is 0.359. The van der Waals surface area contributed by atoms with E-state index in [1.807, 2.05) is 47.3 Å². The Bertz CT molecular complexity index is 549. The maximum Gasteiger partial charge on any atom is 0.101 e. The highest BCUT2D eigenvalue weighted by molar-refractivity contribution is 5.30. The van der Waals surface area contributed by atoms with E-state index in [0.29, 0.717) is 5.92 Å². The summed E-state index contributed by atoms with van der Waals surface area (Å²) < 4.78 is 1.84. The summed E-state index contributed by atoms with van der Waals surface area (Å²) >= 11 is 0. The molecule has 3 nitrogen and oxygen atoms in total. The average Bonchev–Trinajstić information content (AvgIpc) is 2.97. The van der Waals surface area contributed by atoms with Crippen LogP contribution in [0.4, 0.5) is 0 Å². The third-order valence-electron chi connectivity index (χ3n) is 4.36. The zero-order valence-corrected chi connectivity index (χ0v) is 11.9. The molecule has 0 bridgehead atoms. The molecule has 1 fully saturated rings. The Hall–Kier alpha value is -1.61. The lowest BCUT2D eigenvalue weighted by molar-refractivity contribution is 0.0677. The molecule has 0 aliphatic heterocycles. The van der Waals surface area contributed by atoms with Gasteiger partial charge in [-0.2, -0.15) is 5.10 Å². The largest absolute Gasteiger partial charge is 0.386 e. The van der Waals surface area contributed by atoms with Gasteiger partial charge < -0.3 is 5.11 Å². The van der Waals surface area contributed by atoms with Crippen molar-refractivity contribution in [2.24, 2.45) is 11.8 Å². The number of hydrogen-bond acceptors (Lipinski definition) is 2. The molecule has 3 unspecified atom stereocenters. The summed E-state index contributed by atoms with van der Waals surface area (Å²) in [7, 11) is 0. The summed E-state index contributed by atoms with van der Waals surface area (Å²) in [5, 5.41) is 15.1. The second-order valence-corrected chi connectivity index (χ2v) is 6.00. The van der Waals surface area contributed by atoms with Crippen molar-refractivity contribution in [3.63, 3.8) is 0 Å². The third-order valence-corrected chi connectivity index (χ3v) is 4.36. The summed E-state index contributed by atoms with van der Waals surface area (Å²) in [5.41, 5.74) is 1.83. The van der Waals surface area contributed by atoms with Gasteiger partial charge in [-0.05, 0) is 42.9 Å². The van der Waals surface area contributed by atoms with Gasteiger partial charge in [-0.25, -0.2) is 4.68 Å². The van der Waals surface area contributed by atoms with Crippen LogP contribution >= 0.6 is 0 Å². The molecule has 1 aromatic heterocycles. The van der Waals surface area contributed by atoms with Crippen molar-refractivity contribution in [2.45, 2.75) is 38.7 Å². The molecule has 0 spiro atoms. The first kappa shape index (κ1) is 13.4. The number of aromatic nitrogens is 2. The summed E-state index contributed by atoms with van der Waals surface area (Å²) in [6, 6.07) is 12.0. The molecule has 0 radical (unpaired) electrons. The Kier molecular flexibility index (Phi) is 3.88. The van der Waals surface area contributed by atoms with E-state index in [4.69, 9.17) is 0 Å². The Morgan fingerprint density at radius 2 is 2.00 bits per heavy atom. The lowest BCUT2D eigenvalue weighted by atomic mass is 9.79. The monoisotopic (exact) mass is 270 g/mol. The van der Waals surface area contributed by atoms with E-state index in [1.54, 1.807) is 0 Å². The van der Waals surface area contributed by atoms with Gasteiger partial charge in [0.25, 0.3) is 0 Å². The van der Waals surface area contributed by atoms with E-state index in [1.165, 1.54) is 12.8 Å². The fourth-order valence-corrected chi connectivity index (χ4v) is 3.23. The molecule has 1 saturated carbocycles. The highest BCUT2D eigenvalue weighted by Gasteiger charge is 2.27. The van der Waals surface area contributed by atoms with Crippen LogP contribution in [-0.4, -0.2) is 14.9 Å². The van der Waals surface area contributed by atoms with Gasteiger partial charge in [-0.15, -0.1) is 0 Å². The normalized spacial score (nSPS) is 24.5. The van der Waals surface area contributed by atoms with Crippen LogP contribution in [0.1, 0.15) is 44.4 Å². The highest BCUT2D eigenvalue weighted by Crippen LogP contribution is 2.36. The van der Waals surface area contributed by atoms with Gasteiger partial charge in [0.2, 0.25) is 0 Å². The van der Waals surface area contributed by atoms with E-state index in [9.17, 15) is 5.11 Å². The van der Waals surface area contributed by atoms with Gasteiger partial charge in [0.1, 0.15) is 6.10 Å². The molecule has 0 saturated heterocycles. The zero-order chi connectivity index (χ0) is 13.9. The van der Waals surface area contributed by atoms with Crippen molar-refractivity contribution < 1.29 is 5.11 Å². The number of aliphatic hydroxyl groups is 1. The number of rotatable bonds is 3. The molecule has 3 atom stereocenters. The van der Waals surface area contributed by atoms with E-state index >= 15 is 0 Å². The first-order valence-electron chi connectivity index (χ1n) is 7.53. The molecule has 1 aliphatic rings. The fourth-order valence-electron chi connectivity index (χ4n) is 3.23. The summed E-state index contributed by atoms with van der Waals surface area (Å²) in [6.07, 6.45) is 6.25. The molecule has 1 heterocycles. The molecule has 3 rings (SSSR count). The lowest BCUT2D eigenvalue weighted by Crippen LogP contribution is -2.20. The van der Waals surface area contributed by atoms with Crippen molar-refractivity contribution in [3.05, 3.63) is 48.3 Å². The number of nitrogens with zero attached hydrogens (tertiary/aromatic N) is 2. The molecule has 1 aliphatic carbocycles. The molecule has 106 valence electrons. The molecule has 1 aromatic carbocycles. The SMILES string of the molecule is CC1CCCC(C(O)c2ccn(-c3ccccc3)n2)C1. The predicted molar refractivity (Wildman–Crippen MR) is 79.6 cm³/mol. The fraction of sp³-hybridized carbons (Fsp3) is 0.471. The Balaban J connectivity index is 1.76. The number of para-hydroxylation sites is 1. The number of benzene rings is 1. The van der Waals surface area contributed by atoms with Crippen molar-refractivity contribution in [3.8, 4) is 5.69 Å². The van der Waals surface area contributed by atoms with Gasteiger partial charge in [0.15, 0.2) is 0 Å². The molecular formula is C17H22N2O. The standard InChI is InChI=1S/C17H22N2O/c1-13-6-5-7-14(12-13)17(20)16-10-11-19(18-16)15-8-3-2-4-9-15/h2-4,8-11,13-14,17,20H,5-7,12H2,1H3. The third kappa shape index (κ3) is 2.78. The van der Waals surface area contributed by atoms with Crippen LogP contribution in [0.15, 0.2) is 42.6 Å². The summed E-state index contributed by atoms with van der Waals surface area (Å²) in [5.74, 6) is 1.08. The van der Waals surface area contributed by atoms with Crippen molar-refractivity contribution in [2.75, 3.05) is 0 Å². The van der Waals surface area contributed by atoms with Crippen LogP contribution in [0.25, 0.3) is 5.69 Å². The first-order valence-corrected chi connectivity index (χ1v) is 7.53. The van der Waals surface area contributed by atoms with Crippen LogP contribution in [0.3, 0.4) is 0 Å². The lowest BCUT2D eigenvalue weighted by Gasteiger charge is -2.29. The van der Waals surface area contributed by atoms with E-state index in [-0.39, 0.29) is 0 Å². The van der Waals surface area contributed by atoms with Gasteiger partial charge in [-0.1, -0.05) is 38.0 Å². The van der Waals surface area contributed by atoms with E-state index in [0.717, 1.165) is 30.1 Å². The molecule has 2 aromatic rings. The smallest absolute Gasteiger partial charge is 0.101 e. The van der Waals surface area contributed by atoms with Crippen LogP contribution in [0.2, 0.25) is 0 Å². The van der Waals surface area contributed by atoms with Crippen LogP contribution < -0.4 is 0 Å². The van der Waals surface area contributed by atoms with Gasteiger partial charge >= 0.3 is 0 Å². The minimum Gasteiger partial charge on any atom is -0.386 e. The highest BCUT2D eigenvalue weighted by atomic mass is 16.3. The maximum atomic E-state index is 10.5. The van der Waals surface area contributed by atoms with Gasteiger partial charge in [0, 0.05) is 6.20 Å². The van der Waals surface area contributed by atoms with Gasteiger partial charge in [-0.3, -0.25) is 0 Å². The topological polar surface area (TPSA) is 38.0 Å². The van der Waals surface area contributed by atoms with Gasteiger partial charge in [0.05, 0.1) is 11.4 Å². The summed E-state index contributed by atoms with van der Waals surface area (Å²) in [6.45, 7) is 2.28. The first-order chi connectivity index (χ1) is 9.74. The summed E-state index contributed by atoms with van der Waals surface area (Å²) in [4.78, 5) is 0. The molecule has 0 amide bonds. The number of hydrogen-bond donors (Lipinski definition) is 1. The molecular weight excluding hydrogens is 248 g/mol. The van der Waals surface area contributed by atoms with Crippen molar-refractivity contribution >= 4 is 0 Å². The van der Waals surface area contributed by atoms with Crippen LogP contribution in [-0.2, 0) is 0 Å². The predicted octanol–water partition coefficient (Wildman–Crippen LogP) is 3.73. The second-order valence-electron chi connectivity index (χ2n) is 6.00. The quantitative estimate of drug-likeness (QED) is 0.922. The molecule has 1 N–H and O–H groups in total. The van der Waals surface area contributed by atoms with E-state index < -0.39 is 6.10 Å². The zero-order valence-electron chi connectivity index (χ0n) is 11.9. The Labute approximate surface area is 120 Å². The minimum atomic E-state index is -0.428. The van der Waals surface area contributed by atoms with Crippen molar-refractivity contribution in [1.29, 1.82) is 0 Å². The Morgan fingerprint density at radius 1 is 1.20 bits per heavy atom. The van der Waals surface area contributed by atoms with Crippen molar-refractivity contribution in [1.82, 2.24) is 9.78 Å².